The molecule has 0 unspecified atom stereocenters. The van der Waals surface area contributed by atoms with E-state index in [9.17, 15) is 9.59 Å². The molecule has 0 saturated carbocycles. The van der Waals surface area contributed by atoms with Crippen LogP contribution in [0.1, 0.15) is 64.6 Å². The second-order valence-electron chi connectivity index (χ2n) is 9.61. The van der Waals surface area contributed by atoms with Gasteiger partial charge in [0.15, 0.2) is 16.3 Å². The number of aromatic nitrogens is 1. The van der Waals surface area contributed by atoms with Gasteiger partial charge in [-0.3, -0.25) is 9.36 Å². The summed E-state index contributed by atoms with van der Waals surface area (Å²) < 4.78 is 25.4. The van der Waals surface area contributed by atoms with Gasteiger partial charge in [0.05, 0.1) is 52.7 Å². The van der Waals surface area contributed by atoms with Crippen molar-refractivity contribution in [2.75, 3.05) is 20.3 Å². The van der Waals surface area contributed by atoms with E-state index in [4.69, 9.17) is 23.9 Å². The lowest BCUT2D eigenvalue weighted by molar-refractivity contribution is -0.139. The van der Waals surface area contributed by atoms with Crippen LogP contribution in [0.15, 0.2) is 61.9 Å². The van der Waals surface area contributed by atoms with Gasteiger partial charge in [0.25, 0.3) is 5.56 Å². The van der Waals surface area contributed by atoms with E-state index >= 15 is 0 Å². The van der Waals surface area contributed by atoms with Crippen molar-refractivity contribution >= 4 is 39.3 Å². The molecular weight excluding hydrogens is 608 g/mol. The topological polar surface area (TPSA) is 88.4 Å². The molecule has 218 valence electrons. The number of nitrogens with zero attached hydrogens (tertiary/aromatic N) is 2. The highest BCUT2D eigenvalue weighted by Crippen LogP contribution is 2.36. The molecule has 0 bridgehead atoms. The van der Waals surface area contributed by atoms with Crippen molar-refractivity contribution in [1.29, 1.82) is 0 Å². The Morgan fingerprint density at radius 2 is 1.85 bits per heavy atom. The lowest BCUT2D eigenvalue weighted by Gasteiger charge is -2.26. The summed E-state index contributed by atoms with van der Waals surface area (Å²) >= 11 is 4.85. The Balaban J connectivity index is 1.94. The molecule has 0 N–H and O–H groups in total. The second-order valence-corrected chi connectivity index (χ2v) is 11.5. The SMILES string of the molecule is CCCC1=C(C(=O)OCC)[C@H](c2ccc(OC)c(Br)c2)n2c(s/c(=C\c3ccc(OC(C)C)c(OCC)c3)c2=O)=N1. The molecule has 2 aromatic carbocycles. The largest absolute Gasteiger partial charge is 0.496 e. The quantitative estimate of drug-likeness (QED) is 0.255. The number of carbonyl (C=O) groups is 1. The smallest absolute Gasteiger partial charge is 0.338 e. The highest BCUT2D eigenvalue weighted by Gasteiger charge is 2.34. The lowest BCUT2D eigenvalue weighted by Crippen LogP contribution is -2.40. The van der Waals surface area contributed by atoms with E-state index in [0.29, 0.717) is 55.4 Å². The molecule has 0 aliphatic carbocycles. The third-order valence-electron chi connectivity index (χ3n) is 6.31. The third kappa shape index (κ3) is 6.59. The van der Waals surface area contributed by atoms with Gasteiger partial charge in [-0.05, 0) is 91.5 Å². The van der Waals surface area contributed by atoms with Gasteiger partial charge in [0.2, 0.25) is 0 Å². The first-order valence-corrected chi connectivity index (χ1v) is 15.3. The van der Waals surface area contributed by atoms with E-state index in [0.717, 1.165) is 17.5 Å². The Kier molecular flexibility index (Phi) is 10.1. The van der Waals surface area contributed by atoms with Crippen molar-refractivity contribution in [3.8, 4) is 17.2 Å². The van der Waals surface area contributed by atoms with Gasteiger partial charge in [-0.15, -0.1) is 0 Å². The monoisotopic (exact) mass is 642 g/mol. The molecule has 2 heterocycles. The van der Waals surface area contributed by atoms with Crippen LogP contribution in [0.5, 0.6) is 17.2 Å². The Bertz CT molecular complexity index is 1640. The first kappa shape index (κ1) is 30.6. The number of hydrogen-bond acceptors (Lipinski definition) is 8. The minimum Gasteiger partial charge on any atom is -0.496 e. The first-order valence-electron chi connectivity index (χ1n) is 13.7. The maximum atomic E-state index is 14.0. The Hall–Kier alpha value is -3.37. The molecule has 0 amide bonds. The summed E-state index contributed by atoms with van der Waals surface area (Å²) in [6, 6.07) is 10.4. The molecule has 10 heteroatoms. The fourth-order valence-corrected chi connectivity index (χ4v) is 6.25. The summed E-state index contributed by atoms with van der Waals surface area (Å²) in [4.78, 5) is 32.8. The van der Waals surface area contributed by atoms with Crippen LogP contribution in [-0.2, 0) is 9.53 Å². The molecule has 1 aliphatic heterocycles. The number of ether oxygens (including phenoxy) is 4. The van der Waals surface area contributed by atoms with Crippen molar-refractivity contribution in [2.45, 2.75) is 59.6 Å². The van der Waals surface area contributed by atoms with Crippen LogP contribution >= 0.6 is 27.3 Å². The fourth-order valence-electron chi connectivity index (χ4n) is 4.67. The average molecular weight is 644 g/mol. The third-order valence-corrected chi connectivity index (χ3v) is 7.91. The fraction of sp³-hybridized carbons (Fsp3) is 0.387. The molecule has 0 radical (unpaired) electrons. The molecule has 1 aliphatic rings. The van der Waals surface area contributed by atoms with E-state index in [2.05, 4.69) is 15.9 Å². The first-order chi connectivity index (χ1) is 19.7. The highest BCUT2D eigenvalue weighted by atomic mass is 79.9. The number of thiazole rings is 1. The van der Waals surface area contributed by atoms with Crippen LogP contribution < -0.4 is 29.1 Å². The van der Waals surface area contributed by atoms with E-state index in [1.165, 1.54) is 11.3 Å². The van der Waals surface area contributed by atoms with E-state index in [-0.39, 0.29) is 18.3 Å². The molecule has 1 atom stereocenters. The Labute approximate surface area is 252 Å². The molecular formula is C31H35BrN2O6S. The van der Waals surface area contributed by atoms with Crippen LogP contribution in [0.25, 0.3) is 6.08 Å². The zero-order valence-corrected chi connectivity index (χ0v) is 26.6. The van der Waals surface area contributed by atoms with Crippen molar-refractivity contribution < 1.29 is 23.7 Å². The number of fused-ring (bicyclic) bond motifs is 1. The summed E-state index contributed by atoms with van der Waals surface area (Å²) in [5.41, 5.74) is 2.29. The summed E-state index contributed by atoms with van der Waals surface area (Å²) in [7, 11) is 1.59. The minimum atomic E-state index is -0.711. The number of hydrogen-bond donors (Lipinski definition) is 0. The zero-order valence-electron chi connectivity index (χ0n) is 24.2. The molecule has 3 aromatic rings. The van der Waals surface area contributed by atoms with Gasteiger partial charge in [-0.1, -0.05) is 36.8 Å². The number of carbonyl (C=O) groups excluding carboxylic acids is 1. The van der Waals surface area contributed by atoms with Gasteiger partial charge in [0.1, 0.15) is 5.75 Å². The normalized spacial score (nSPS) is 15.0. The van der Waals surface area contributed by atoms with Gasteiger partial charge in [0, 0.05) is 0 Å². The van der Waals surface area contributed by atoms with Gasteiger partial charge in [-0.2, -0.15) is 0 Å². The zero-order chi connectivity index (χ0) is 29.7. The van der Waals surface area contributed by atoms with Crippen LogP contribution in [0.4, 0.5) is 0 Å². The van der Waals surface area contributed by atoms with Crippen molar-refractivity contribution in [1.82, 2.24) is 4.57 Å². The summed E-state index contributed by atoms with van der Waals surface area (Å²) in [5.74, 6) is 1.42. The maximum Gasteiger partial charge on any atom is 0.338 e. The number of rotatable bonds is 11. The van der Waals surface area contributed by atoms with Crippen molar-refractivity contribution in [3.63, 3.8) is 0 Å². The number of halogens is 1. The highest BCUT2D eigenvalue weighted by molar-refractivity contribution is 9.10. The van der Waals surface area contributed by atoms with E-state index in [1.54, 1.807) is 18.6 Å². The number of benzene rings is 2. The Morgan fingerprint density at radius 1 is 1.10 bits per heavy atom. The number of allylic oxidation sites excluding steroid dienone is 1. The van der Waals surface area contributed by atoms with E-state index in [1.807, 2.05) is 70.2 Å². The van der Waals surface area contributed by atoms with Crippen molar-refractivity contribution in [2.24, 2.45) is 4.99 Å². The summed E-state index contributed by atoms with van der Waals surface area (Å²) in [6.07, 6.45) is 3.16. The number of esters is 1. The van der Waals surface area contributed by atoms with Crippen LogP contribution in [0.2, 0.25) is 0 Å². The van der Waals surface area contributed by atoms with Gasteiger partial charge >= 0.3 is 5.97 Å². The predicted octanol–water partition coefficient (Wildman–Crippen LogP) is 5.54. The molecule has 0 fully saturated rings. The van der Waals surface area contributed by atoms with E-state index < -0.39 is 12.0 Å². The van der Waals surface area contributed by atoms with Crippen molar-refractivity contribution in [3.05, 3.63) is 83.0 Å². The summed E-state index contributed by atoms with van der Waals surface area (Å²) in [5, 5.41) is 0. The van der Waals surface area contributed by atoms with Gasteiger partial charge in [-0.25, -0.2) is 9.79 Å². The molecule has 0 saturated heterocycles. The maximum absolute atomic E-state index is 14.0. The molecule has 8 nitrogen and oxygen atoms in total. The average Bonchev–Trinajstić information content (AvgIpc) is 3.23. The van der Waals surface area contributed by atoms with Crippen LogP contribution in [0.3, 0.4) is 0 Å². The molecule has 4 rings (SSSR count). The lowest BCUT2D eigenvalue weighted by atomic mass is 9.94. The van der Waals surface area contributed by atoms with Crippen LogP contribution in [0, 0.1) is 0 Å². The minimum absolute atomic E-state index is 0.00681. The predicted molar refractivity (Wildman–Crippen MR) is 164 cm³/mol. The van der Waals surface area contributed by atoms with Crippen LogP contribution in [-0.4, -0.2) is 37.0 Å². The molecule has 41 heavy (non-hydrogen) atoms. The van der Waals surface area contributed by atoms with Gasteiger partial charge < -0.3 is 18.9 Å². The molecule has 1 aromatic heterocycles. The summed E-state index contributed by atoms with van der Waals surface area (Å²) in [6.45, 7) is 10.3. The molecule has 0 spiro atoms. The second kappa shape index (κ2) is 13.5. The number of methoxy groups -OCH3 is 1. The standard InChI is InChI=1S/C31H35BrN2O6S/c1-7-10-22-27(30(36)39-9-3)28(20-12-14-23(37-6)21(32)17-20)34-29(35)26(41-31(34)33-22)16-19-11-13-24(40-18(4)5)25(15-19)38-8-2/h11-18,28H,7-10H2,1-6H3/b26-16-/t28-/m0/s1. The Morgan fingerprint density at radius 3 is 2.49 bits per heavy atom.